The molecule has 0 N–H and O–H groups in total. The zero-order valence-corrected chi connectivity index (χ0v) is 14.3. The Labute approximate surface area is 130 Å². The van der Waals surface area contributed by atoms with Crippen molar-refractivity contribution in [2.45, 2.75) is 31.5 Å². The van der Waals surface area contributed by atoms with Crippen LogP contribution in [0.15, 0.2) is 26.7 Å². The molecule has 0 aliphatic carbocycles. The quantitative estimate of drug-likeness (QED) is 0.732. The van der Waals surface area contributed by atoms with Crippen molar-refractivity contribution >= 4 is 36.8 Å². The second-order valence-corrected chi connectivity index (χ2v) is 8.26. The highest BCUT2D eigenvalue weighted by atomic mass is 79.9. The van der Waals surface area contributed by atoms with E-state index >= 15 is 0 Å². The molecule has 0 saturated carbocycles. The number of pyridine rings is 1. The molecule has 2 rings (SSSR count). The molecule has 0 aliphatic heterocycles. The van der Waals surface area contributed by atoms with Gasteiger partial charge in [-0.05, 0) is 42.8 Å². The smallest absolute Gasteiger partial charge is 0.299 e. The van der Waals surface area contributed by atoms with Gasteiger partial charge in [-0.25, -0.2) is 13.4 Å². The van der Waals surface area contributed by atoms with Gasteiger partial charge in [0.25, 0.3) is 5.56 Å². The average molecular weight is 376 g/mol. The van der Waals surface area contributed by atoms with E-state index in [9.17, 15) is 13.2 Å². The zero-order chi connectivity index (χ0) is 16.0. The molecule has 21 heavy (non-hydrogen) atoms. The lowest BCUT2D eigenvalue weighted by molar-refractivity contribution is -0.0147. The third-order valence-corrected chi connectivity index (χ3v) is 3.76. The van der Waals surface area contributed by atoms with E-state index in [-0.39, 0.29) is 15.3 Å². The molecular formula is C12H14BrN3O4S. The molecule has 7 nitrogen and oxygen atoms in total. The molecule has 0 aliphatic rings. The fraction of sp³-hybridized carbons (Fsp3) is 0.417. The second kappa shape index (κ2) is 5.06. The first kappa shape index (κ1) is 15.9. The van der Waals surface area contributed by atoms with Crippen LogP contribution in [0.2, 0.25) is 0 Å². The molecule has 2 aromatic heterocycles. The minimum Gasteiger partial charge on any atom is -0.403 e. The number of sulfone groups is 1. The van der Waals surface area contributed by atoms with Gasteiger partial charge in [-0.1, -0.05) is 0 Å². The van der Waals surface area contributed by atoms with Gasteiger partial charge in [0, 0.05) is 17.8 Å². The Hall–Kier alpha value is -1.48. The Morgan fingerprint density at radius 1 is 1.33 bits per heavy atom. The highest BCUT2D eigenvalue weighted by Gasteiger charge is 2.20. The minimum atomic E-state index is -3.58. The summed E-state index contributed by atoms with van der Waals surface area (Å²) in [5, 5.41) is 0.126. The van der Waals surface area contributed by atoms with Gasteiger partial charge in [0.15, 0.2) is 5.65 Å². The SMILES string of the molecule is CC(C)(C)On1c(=O)c(Br)cc2cnc(S(C)(=O)=O)nc21. The maximum atomic E-state index is 12.2. The molecule has 0 amide bonds. The third-order valence-electron chi connectivity index (χ3n) is 2.33. The van der Waals surface area contributed by atoms with E-state index < -0.39 is 21.0 Å². The Kier molecular flexibility index (Phi) is 3.83. The number of aromatic nitrogens is 3. The lowest BCUT2D eigenvalue weighted by Crippen LogP contribution is -2.38. The summed E-state index contributed by atoms with van der Waals surface area (Å²) in [6.07, 6.45) is 2.34. The maximum Gasteiger partial charge on any atom is 0.299 e. The number of nitrogens with zero attached hydrogens (tertiary/aromatic N) is 3. The van der Waals surface area contributed by atoms with E-state index in [0.717, 1.165) is 11.0 Å². The van der Waals surface area contributed by atoms with Crippen molar-refractivity contribution in [1.29, 1.82) is 0 Å². The van der Waals surface area contributed by atoms with Gasteiger partial charge < -0.3 is 4.84 Å². The van der Waals surface area contributed by atoms with Crippen LogP contribution in [0.5, 0.6) is 0 Å². The number of rotatable bonds is 2. The largest absolute Gasteiger partial charge is 0.403 e. The Morgan fingerprint density at radius 3 is 2.48 bits per heavy atom. The topological polar surface area (TPSA) is 91.2 Å². The molecule has 0 spiro atoms. The van der Waals surface area contributed by atoms with Crippen LogP contribution in [0, 0.1) is 0 Å². The standard InChI is InChI=1S/C12H14BrN3O4S/c1-12(2,3)20-16-9-7(5-8(13)10(16)17)6-14-11(15-9)21(4,18)19/h5-6H,1-4H3. The Bertz CT molecular complexity index is 868. The van der Waals surface area contributed by atoms with Crippen LogP contribution in [0.3, 0.4) is 0 Å². The predicted molar refractivity (Wildman–Crippen MR) is 80.9 cm³/mol. The van der Waals surface area contributed by atoms with E-state index in [2.05, 4.69) is 25.9 Å². The monoisotopic (exact) mass is 375 g/mol. The molecule has 0 bridgehead atoms. The van der Waals surface area contributed by atoms with Gasteiger partial charge in [-0.15, -0.1) is 4.73 Å². The van der Waals surface area contributed by atoms with Crippen molar-refractivity contribution in [3.63, 3.8) is 0 Å². The number of halogens is 1. The van der Waals surface area contributed by atoms with Gasteiger partial charge in [0.05, 0.1) is 4.47 Å². The molecular weight excluding hydrogens is 362 g/mol. The minimum absolute atomic E-state index is 0.105. The molecule has 2 heterocycles. The summed E-state index contributed by atoms with van der Waals surface area (Å²) in [7, 11) is -3.58. The number of hydrogen-bond donors (Lipinski definition) is 0. The van der Waals surface area contributed by atoms with Crippen molar-refractivity contribution in [3.8, 4) is 0 Å². The van der Waals surface area contributed by atoms with Crippen molar-refractivity contribution < 1.29 is 13.3 Å². The van der Waals surface area contributed by atoms with Gasteiger partial charge in [0.2, 0.25) is 15.0 Å². The van der Waals surface area contributed by atoms with Crippen molar-refractivity contribution in [3.05, 3.63) is 27.1 Å². The van der Waals surface area contributed by atoms with Crippen molar-refractivity contribution in [2.24, 2.45) is 0 Å². The predicted octanol–water partition coefficient (Wildman–Crippen LogP) is 1.18. The molecule has 0 saturated heterocycles. The summed E-state index contributed by atoms with van der Waals surface area (Å²) in [5.74, 6) is 0. The molecule has 114 valence electrons. The van der Waals surface area contributed by atoms with E-state index in [1.54, 1.807) is 20.8 Å². The molecule has 9 heteroatoms. The van der Waals surface area contributed by atoms with Crippen LogP contribution in [0.25, 0.3) is 11.0 Å². The fourth-order valence-corrected chi connectivity index (χ4v) is 2.46. The highest BCUT2D eigenvalue weighted by Crippen LogP contribution is 2.16. The molecule has 0 atom stereocenters. The fourth-order valence-electron chi connectivity index (χ4n) is 1.56. The first-order valence-electron chi connectivity index (χ1n) is 5.97. The number of fused-ring (bicyclic) bond motifs is 1. The lowest BCUT2D eigenvalue weighted by Gasteiger charge is -2.22. The average Bonchev–Trinajstić information content (AvgIpc) is 2.32. The molecule has 0 fully saturated rings. The van der Waals surface area contributed by atoms with Gasteiger partial charge in [-0.2, -0.15) is 4.98 Å². The van der Waals surface area contributed by atoms with E-state index in [1.165, 1.54) is 12.3 Å². The van der Waals surface area contributed by atoms with Crippen molar-refractivity contribution in [1.82, 2.24) is 14.7 Å². The first-order chi connectivity index (χ1) is 9.49. The zero-order valence-electron chi connectivity index (χ0n) is 11.9. The van der Waals surface area contributed by atoms with E-state index in [0.29, 0.717) is 5.39 Å². The van der Waals surface area contributed by atoms with E-state index in [1.807, 2.05) is 0 Å². The Morgan fingerprint density at radius 2 is 1.95 bits per heavy atom. The van der Waals surface area contributed by atoms with Crippen LogP contribution < -0.4 is 10.4 Å². The van der Waals surface area contributed by atoms with E-state index in [4.69, 9.17) is 4.84 Å². The van der Waals surface area contributed by atoms with Crippen molar-refractivity contribution in [2.75, 3.05) is 6.26 Å². The molecule has 0 aromatic carbocycles. The second-order valence-electron chi connectivity index (χ2n) is 5.50. The first-order valence-corrected chi connectivity index (χ1v) is 8.65. The lowest BCUT2D eigenvalue weighted by atomic mass is 10.2. The normalized spacial score (nSPS) is 12.6. The highest BCUT2D eigenvalue weighted by molar-refractivity contribution is 9.10. The summed E-state index contributed by atoms with van der Waals surface area (Å²) in [6.45, 7) is 5.31. The molecule has 0 radical (unpaired) electrons. The molecule has 0 unspecified atom stereocenters. The maximum absolute atomic E-state index is 12.2. The number of hydrogen-bond acceptors (Lipinski definition) is 6. The summed E-state index contributed by atoms with van der Waals surface area (Å²) in [4.78, 5) is 25.5. The van der Waals surface area contributed by atoms with Crippen LogP contribution >= 0.6 is 15.9 Å². The van der Waals surface area contributed by atoms with Crippen LogP contribution in [0.1, 0.15) is 20.8 Å². The third kappa shape index (κ3) is 3.41. The summed E-state index contributed by atoms with van der Waals surface area (Å²) in [5.41, 5.74) is -1.02. The Balaban J connectivity index is 2.85. The summed E-state index contributed by atoms with van der Waals surface area (Å²) in [6, 6.07) is 1.52. The van der Waals surface area contributed by atoms with Gasteiger partial charge in [-0.3, -0.25) is 4.79 Å². The summed E-state index contributed by atoms with van der Waals surface area (Å²) >= 11 is 3.15. The van der Waals surface area contributed by atoms with Gasteiger partial charge in [0.1, 0.15) is 5.60 Å². The van der Waals surface area contributed by atoms with Crippen LogP contribution in [0.4, 0.5) is 0 Å². The molecule has 2 aromatic rings. The van der Waals surface area contributed by atoms with Crippen LogP contribution in [-0.2, 0) is 9.84 Å². The van der Waals surface area contributed by atoms with Gasteiger partial charge >= 0.3 is 0 Å². The van der Waals surface area contributed by atoms with Crippen LogP contribution in [-0.4, -0.2) is 35.0 Å². The summed E-state index contributed by atoms with van der Waals surface area (Å²) < 4.78 is 24.4.